The van der Waals surface area contributed by atoms with Gasteiger partial charge in [-0.15, -0.1) is 11.8 Å². The molecule has 0 amide bonds. The second kappa shape index (κ2) is 10.6. The number of anilines is 2. The predicted octanol–water partition coefficient (Wildman–Crippen LogP) is 2.16. The van der Waals surface area contributed by atoms with Crippen LogP contribution in [0.1, 0.15) is 19.5 Å². The van der Waals surface area contributed by atoms with Gasteiger partial charge in [-0.05, 0) is 36.7 Å². The molecule has 0 aromatic carbocycles. The number of halogens is 2. The molecular weight excluding hydrogens is 372 g/mol. The van der Waals surface area contributed by atoms with Gasteiger partial charge in [0.1, 0.15) is 9.76 Å². The van der Waals surface area contributed by atoms with Gasteiger partial charge >= 0.3 is 0 Å². The molecule has 0 fully saturated rings. The van der Waals surface area contributed by atoms with Crippen LogP contribution in [0.5, 0.6) is 0 Å². The number of rotatable bonds is 0. The van der Waals surface area contributed by atoms with E-state index >= 15 is 0 Å². The van der Waals surface area contributed by atoms with Crippen molar-refractivity contribution < 1.29 is 0 Å². The normalized spacial score (nSPS) is 8.41. The van der Waals surface area contributed by atoms with E-state index in [4.69, 9.17) is 23.1 Å². The first-order chi connectivity index (χ1) is 10.3. The Labute approximate surface area is 141 Å². The standard InChI is InChI=1S/C5H7N3O.C4H3BrClN3.C4H6/c1-3-2-7-5(9)4(6)8-3;5-3-4(7)9-2(6)1-8-3;1-3-4-2/h2H,1H3,(H2,6,8)(H,7,9);1H,(H2,7,9);1-2H3. The molecule has 22 heavy (non-hydrogen) atoms. The first kappa shape index (κ1) is 19.9. The predicted molar refractivity (Wildman–Crippen MR) is 92.3 cm³/mol. The van der Waals surface area contributed by atoms with E-state index in [0.29, 0.717) is 21.3 Å². The third-order valence-electron chi connectivity index (χ3n) is 1.91. The molecule has 0 unspecified atom stereocenters. The molecule has 0 radical (unpaired) electrons. The minimum atomic E-state index is -0.333. The number of nitrogen functional groups attached to an aromatic ring is 2. The van der Waals surface area contributed by atoms with Crippen molar-refractivity contribution in [3.63, 3.8) is 0 Å². The van der Waals surface area contributed by atoms with E-state index in [-0.39, 0.29) is 11.4 Å². The number of hydrogen-bond donors (Lipinski definition) is 3. The minimum Gasteiger partial charge on any atom is -0.381 e. The molecule has 9 heteroatoms. The first-order valence-corrected chi connectivity index (χ1v) is 7.07. The number of aromatic amines is 1. The fraction of sp³-hybridized carbons (Fsp3) is 0.231. The Morgan fingerprint density at radius 2 is 1.82 bits per heavy atom. The lowest BCUT2D eigenvalue weighted by molar-refractivity contribution is 1.09. The summed E-state index contributed by atoms with van der Waals surface area (Å²) in [5, 5.41) is 0.302. The Morgan fingerprint density at radius 1 is 1.23 bits per heavy atom. The molecule has 0 aliphatic rings. The molecule has 0 bridgehead atoms. The van der Waals surface area contributed by atoms with Crippen LogP contribution in [0.15, 0.2) is 21.8 Å². The van der Waals surface area contributed by atoms with Crippen molar-refractivity contribution in [2.75, 3.05) is 11.5 Å². The summed E-state index contributed by atoms with van der Waals surface area (Å²) in [6.45, 7) is 5.40. The molecule has 0 spiro atoms. The van der Waals surface area contributed by atoms with Crippen LogP contribution in [0.4, 0.5) is 11.6 Å². The van der Waals surface area contributed by atoms with E-state index in [0.717, 1.165) is 0 Å². The summed E-state index contributed by atoms with van der Waals surface area (Å²) >= 11 is 8.51. The van der Waals surface area contributed by atoms with Crippen molar-refractivity contribution in [2.45, 2.75) is 20.8 Å². The lowest BCUT2D eigenvalue weighted by Gasteiger charge is -1.93. The van der Waals surface area contributed by atoms with Gasteiger partial charge in [-0.3, -0.25) is 4.79 Å². The third kappa shape index (κ3) is 8.24. The number of H-pyrrole nitrogens is 1. The second-order valence-corrected chi connectivity index (χ2v) is 4.76. The van der Waals surface area contributed by atoms with E-state index in [9.17, 15) is 4.79 Å². The zero-order valence-corrected chi connectivity index (χ0v) is 14.7. The van der Waals surface area contributed by atoms with E-state index in [2.05, 4.69) is 47.7 Å². The maximum Gasteiger partial charge on any atom is 0.290 e. The Hall–Kier alpha value is -2.11. The third-order valence-corrected chi connectivity index (χ3v) is 2.71. The van der Waals surface area contributed by atoms with Crippen molar-refractivity contribution >= 4 is 39.2 Å². The summed E-state index contributed by atoms with van der Waals surface area (Å²) in [5.74, 6) is 5.69. The van der Waals surface area contributed by atoms with Crippen molar-refractivity contribution in [1.82, 2.24) is 19.9 Å². The fourth-order valence-electron chi connectivity index (χ4n) is 0.883. The molecule has 118 valence electrons. The summed E-state index contributed by atoms with van der Waals surface area (Å²) in [6.07, 6.45) is 2.93. The van der Waals surface area contributed by atoms with E-state index in [1.165, 1.54) is 12.4 Å². The molecule has 2 aromatic rings. The van der Waals surface area contributed by atoms with E-state index < -0.39 is 0 Å². The topological polar surface area (TPSA) is 124 Å². The van der Waals surface area contributed by atoms with Gasteiger partial charge in [0.15, 0.2) is 11.6 Å². The molecule has 2 rings (SSSR count). The highest BCUT2D eigenvalue weighted by Crippen LogP contribution is 2.14. The number of hydrogen-bond acceptors (Lipinski definition) is 6. The number of nitrogens with zero attached hydrogens (tertiary/aromatic N) is 3. The molecule has 7 nitrogen and oxygen atoms in total. The zero-order valence-electron chi connectivity index (χ0n) is 12.3. The van der Waals surface area contributed by atoms with Gasteiger partial charge in [0.25, 0.3) is 5.56 Å². The lowest BCUT2D eigenvalue weighted by atomic mass is 10.5. The number of aromatic nitrogens is 4. The summed E-state index contributed by atoms with van der Waals surface area (Å²) in [7, 11) is 0. The SMILES string of the molecule is CC#CC.Cc1c[nH]c(=O)c(N)n1.Nc1nc(Cl)cnc1Br. The molecule has 0 aliphatic heterocycles. The number of nitrogens with one attached hydrogen (secondary N) is 1. The van der Waals surface area contributed by atoms with Crippen LogP contribution in [-0.2, 0) is 0 Å². The monoisotopic (exact) mass is 386 g/mol. The highest BCUT2D eigenvalue weighted by atomic mass is 79.9. The molecule has 2 heterocycles. The molecule has 5 N–H and O–H groups in total. The van der Waals surface area contributed by atoms with E-state index in [1.54, 1.807) is 6.92 Å². The minimum absolute atomic E-state index is 0.0231. The van der Waals surface area contributed by atoms with Crippen LogP contribution >= 0.6 is 27.5 Å². The lowest BCUT2D eigenvalue weighted by Crippen LogP contribution is -2.13. The summed E-state index contributed by atoms with van der Waals surface area (Å²) in [5.41, 5.74) is 10.9. The fourth-order valence-corrected chi connectivity index (χ4v) is 1.21. The van der Waals surface area contributed by atoms with Gasteiger partial charge in [0.2, 0.25) is 0 Å². The molecule has 2 aromatic heterocycles. The maximum atomic E-state index is 10.5. The van der Waals surface area contributed by atoms with Crippen molar-refractivity contribution in [3.05, 3.63) is 38.2 Å². The average Bonchev–Trinajstić information content (AvgIpc) is 2.48. The van der Waals surface area contributed by atoms with Crippen molar-refractivity contribution in [2.24, 2.45) is 0 Å². The molecule has 0 saturated carbocycles. The van der Waals surface area contributed by atoms with Crippen molar-refractivity contribution in [1.29, 1.82) is 0 Å². The zero-order chi connectivity index (χ0) is 17.1. The largest absolute Gasteiger partial charge is 0.381 e. The number of aryl methyl sites for hydroxylation is 1. The van der Waals surface area contributed by atoms with Gasteiger partial charge in [0.05, 0.1) is 11.9 Å². The van der Waals surface area contributed by atoms with Gasteiger partial charge in [0, 0.05) is 6.20 Å². The summed E-state index contributed by atoms with van der Waals surface area (Å²) in [6, 6.07) is 0. The highest BCUT2D eigenvalue weighted by Gasteiger charge is 1.96. The maximum absolute atomic E-state index is 10.5. The van der Waals surface area contributed by atoms with Gasteiger partial charge < -0.3 is 16.5 Å². The Morgan fingerprint density at radius 3 is 2.18 bits per heavy atom. The van der Waals surface area contributed by atoms with Gasteiger partial charge in [-0.2, -0.15) is 0 Å². The van der Waals surface area contributed by atoms with E-state index in [1.807, 2.05) is 13.8 Å². The van der Waals surface area contributed by atoms with Crippen molar-refractivity contribution in [3.8, 4) is 11.8 Å². The van der Waals surface area contributed by atoms with Crippen LogP contribution in [0.3, 0.4) is 0 Å². The second-order valence-electron chi connectivity index (χ2n) is 3.63. The number of nitrogens with two attached hydrogens (primary N) is 2. The van der Waals surface area contributed by atoms with Crippen LogP contribution in [0.25, 0.3) is 0 Å². The Balaban J connectivity index is 0.000000326. The summed E-state index contributed by atoms with van der Waals surface area (Å²) < 4.78 is 0.520. The average molecular weight is 388 g/mol. The Bertz CT molecular complexity index is 716. The summed E-state index contributed by atoms with van der Waals surface area (Å²) in [4.78, 5) is 24.1. The smallest absolute Gasteiger partial charge is 0.290 e. The highest BCUT2D eigenvalue weighted by molar-refractivity contribution is 9.10. The van der Waals surface area contributed by atoms with Gasteiger partial charge in [-0.1, -0.05) is 11.6 Å². The van der Waals surface area contributed by atoms with Crippen LogP contribution < -0.4 is 17.0 Å². The molecule has 0 atom stereocenters. The molecule has 0 saturated heterocycles. The van der Waals surface area contributed by atoms with Crippen LogP contribution in [0, 0.1) is 18.8 Å². The van der Waals surface area contributed by atoms with Crippen LogP contribution in [0.2, 0.25) is 5.15 Å². The molecule has 0 aliphatic carbocycles. The van der Waals surface area contributed by atoms with Crippen LogP contribution in [-0.4, -0.2) is 19.9 Å². The van der Waals surface area contributed by atoms with Gasteiger partial charge in [-0.25, -0.2) is 15.0 Å². The first-order valence-electron chi connectivity index (χ1n) is 5.90. The Kier molecular flexibility index (Phi) is 9.58. The quantitative estimate of drug-likeness (QED) is 0.595. The molecular formula is C13H16BrClN6O.